The molecule has 0 aliphatic carbocycles. The Balaban J connectivity index is 2.81. The summed E-state index contributed by atoms with van der Waals surface area (Å²) < 4.78 is 1.57. The Bertz CT molecular complexity index is 749. The highest BCUT2D eigenvalue weighted by Gasteiger charge is 2.12. The van der Waals surface area contributed by atoms with E-state index in [1.165, 1.54) is 0 Å². The van der Waals surface area contributed by atoms with Gasteiger partial charge in [-0.2, -0.15) is 5.26 Å². The normalized spacial score (nSPS) is 10.3. The van der Waals surface area contributed by atoms with Gasteiger partial charge in [0, 0.05) is 6.20 Å². The van der Waals surface area contributed by atoms with Crippen molar-refractivity contribution in [3.8, 4) is 11.8 Å². The van der Waals surface area contributed by atoms with Crippen molar-refractivity contribution < 1.29 is 0 Å². The number of benzene rings is 1. The highest BCUT2D eigenvalue weighted by molar-refractivity contribution is 5.47. The van der Waals surface area contributed by atoms with Crippen LogP contribution in [0.4, 0.5) is 0 Å². The summed E-state index contributed by atoms with van der Waals surface area (Å²) in [7, 11) is 0. The van der Waals surface area contributed by atoms with E-state index in [0.29, 0.717) is 0 Å². The number of hydrogen-bond donors (Lipinski definition) is 0. The molecule has 0 saturated heterocycles. The fourth-order valence-electron chi connectivity index (χ4n) is 2.21. The fraction of sp³-hybridized carbons (Fsp3) is 0.250. The van der Waals surface area contributed by atoms with E-state index in [0.717, 1.165) is 27.9 Å². The molecule has 0 amide bonds. The Morgan fingerprint density at radius 3 is 2.37 bits per heavy atom. The third-order valence-corrected chi connectivity index (χ3v) is 3.45. The SMILES string of the molecule is Cc1ccc(-n2cc(C)c(C)c(C#N)c2=O)c(C)c1. The predicted octanol–water partition coefficient (Wildman–Crippen LogP) is 2.94. The van der Waals surface area contributed by atoms with E-state index >= 15 is 0 Å². The number of nitriles is 1. The summed E-state index contributed by atoms with van der Waals surface area (Å²) in [6.07, 6.45) is 1.80. The predicted molar refractivity (Wildman–Crippen MR) is 75.7 cm³/mol. The second-order valence-electron chi connectivity index (χ2n) is 4.89. The zero-order valence-electron chi connectivity index (χ0n) is 11.6. The monoisotopic (exact) mass is 252 g/mol. The van der Waals surface area contributed by atoms with Gasteiger partial charge in [-0.05, 0) is 50.5 Å². The Kier molecular flexibility index (Phi) is 3.26. The topological polar surface area (TPSA) is 45.8 Å². The molecule has 0 fully saturated rings. The van der Waals surface area contributed by atoms with E-state index in [2.05, 4.69) is 0 Å². The first kappa shape index (κ1) is 13.1. The van der Waals surface area contributed by atoms with Crippen molar-refractivity contribution >= 4 is 0 Å². The van der Waals surface area contributed by atoms with Crippen LogP contribution < -0.4 is 5.56 Å². The molecule has 96 valence electrons. The first-order chi connectivity index (χ1) is 8.95. The minimum atomic E-state index is -0.252. The summed E-state index contributed by atoms with van der Waals surface area (Å²) in [4.78, 5) is 12.4. The average Bonchev–Trinajstić information content (AvgIpc) is 2.35. The number of aryl methyl sites for hydroxylation is 3. The van der Waals surface area contributed by atoms with Gasteiger partial charge in [0.25, 0.3) is 5.56 Å². The standard InChI is InChI=1S/C16H16N2O/c1-10-5-6-15(11(2)7-10)18-9-12(3)13(4)14(8-17)16(18)19/h5-7,9H,1-4H3. The third-order valence-electron chi connectivity index (χ3n) is 3.45. The second kappa shape index (κ2) is 4.74. The number of rotatable bonds is 1. The summed E-state index contributed by atoms with van der Waals surface area (Å²) in [5.74, 6) is 0. The minimum Gasteiger partial charge on any atom is -0.283 e. The van der Waals surface area contributed by atoms with Crippen LogP contribution in [0.5, 0.6) is 0 Å². The maximum atomic E-state index is 12.4. The summed E-state index contributed by atoms with van der Waals surface area (Å²) >= 11 is 0. The lowest BCUT2D eigenvalue weighted by Crippen LogP contribution is -2.23. The largest absolute Gasteiger partial charge is 0.283 e. The Hall–Kier alpha value is -2.34. The van der Waals surface area contributed by atoms with E-state index in [4.69, 9.17) is 5.26 Å². The van der Waals surface area contributed by atoms with E-state index in [1.54, 1.807) is 10.8 Å². The molecule has 3 heteroatoms. The van der Waals surface area contributed by atoms with Crippen molar-refractivity contribution in [2.24, 2.45) is 0 Å². The molecule has 3 nitrogen and oxygen atoms in total. The van der Waals surface area contributed by atoms with Gasteiger partial charge in [0.1, 0.15) is 11.6 Å². The number of aromatic nitrogens is 1. The maximum Gasteiger partial charge on any atom is 0.273 e. The minimum absolute atomic E-state index is 0.222. The molecule has 2 rings (SSSR count). The van der Waals surface area contributed by atoms with Crippen molar-refractivity contribution in [2.75, 3.05) is 0 Å². The quantitative estimate of drug-likeness (QED) is 0.783. The molecule has 0 aliphatic heterocycles. The van der Waals surface area contributed by atoms with Gasteiger partial charge in [0.05, 0.1) is 5.69 Å². The van der Waals surface area contributed by atoms with Gasteiger partial charge in [-0.25, -0.2) is 0 Å². The van der Waals surface area contributed by atoms with Crippen LogP contribution in [0.3, 0.4) is 0 Å². The molecule has 1 aromatic heterocycles. The zero-order valence-corrected chi connectivity index (χ0v) is 11.6. The molecular weight excluding hydrogens is 236 g/mol. The van der Waals surface area contributed by atoms with Crippen LogP contribution >= 0.6 is 0 Å². The van der Waals surface area contributed by atoms with Crippen LogP contribution in [-0.4, -0.2) is 4.57 Å². The van der Waals surface area contributed by atoms with E-state index in [1.807, 2.05) is 52.0 Å². The van der Waals surface area contributed by atoms with Crippen LogP contribution in [0.1, 0.15) is 27.8 Å². The number of hydrogen-bond acceptors (Lipinski definition) is 2. The van der Waals surface area contributed by atoms with Gasteiger partial charge >= 0.3 is 0 Å². The average molecular weight is 252 g/mol. The van der Waals surface area contributed by atoms with Crippen LogP contribution in [-0.2, 0) is 0 Å². The van der Waals surface area contributed by atoms with E-state index in [9.17, 15) is 4.79 Å². The van der Waals surface area contributed by atoms with Crippen molar-refractivity contribution in [3.05, 3.63) is 62.6 Å². The Morgan fingerprint density at radius 1 is 1.11 bits per heavy atom. The van der Waals surface area contributed by atoms with Gasteiger partial charge < -0.3 is 0 Å². The van der Waals surface area contributed by atoms with Gasteiger partial charge in [-0.15, -0.1) is 0 Å². The molecule has 0 unspecified atom stereocenters. The third kappa shape index (κ3) is 2.17. The molecule has 0 aliphatic rings. The molecule has 1 heterocycles. The Labute approximate surface area is 112 Å². The molecule has 19 heavy (non-hydrogen) atoms. The van der Waals surface area contributed by atoms with Crippen molar-refractivity contribution in [2.45, 2.75) is 27.7 Å². The fourth-order valence-corrected chi connectivity index (χ4v) is 2.21. The number of nitrogens with zero attached hydrogens (tertiary/aromatic N) is 2. The summed E-state index contributed by atoms with van der Waals surface area (Å²) in [6.45, 7) is 7.70. The summed E-state index contributed by atoms with van der Waals surface area (Å²) in [5.41, 5.74) is 4.67. The second-order valence-corrected chi connectivity index (χ2v) is 4.89. The first-order valence-corrected chi connectivity index (χ1v) is 6.16. The van der Waals surface area contributed by atoms with Gasteiger partial charge in [0.15, 0.2) is 0 Å². The van der Waals surface area contributed by atoms with Crippen LogP contribution in [0.15, 0.2) is 29.2 Å². The van der Waals surface area contributed by atoms with Crippen LogP contribution in [0.2, 0.25) is 0 Å². The molecule has 0 spiro atoms. The van der Waals surface area contributed by atoms with Gasteiger partial charge in [-0.1, -0.05) is 17.7 Å². The van der Waals surface area contributed by atoms with Crippen molar-refractivity contribution in [1.29, 1.82) is 5.26 Å². The molecule has 0 N–H and O–H groups in total. The molecular formula is C16H16N2O. The Morgan fingerprint density at radius 2 is 1.79 bits per heavy atom. The zero-order chi connectivity index (χ0) is 14.2. The molecule has 0 bridgehead atoms. The highest BCUT2D eigenvalue weighted by Crippen LogP contribution is 2.16. The lowest BCUT2D eigenvalue weighted by molar-refractivity contribution is 0.945. The van der Waals surface area contributed by atoms with Crippen LogP contribution in [0.25, 0.3) is 5.69 Å². The summed E-state index contributed by atoms with van der Waals surface area (Å²) in [5, 5.41) is 9.15. The molecule has 2 aromatic rings. The first-order valence-electron chi connectivity index (χ1n) is 6.16. The molecule has 0 radical (unpaired) electrons. The maximum absolute atomic E-state index is 12.4. The van der Waals surface area contributed by atoms with E-state index in [-0.39, 0.29) is 11.1 Å². The van der Waals surface area contributed by atoms with E-state index < -0.39 is 0 Å². The smallest absolute Gasteiger partial charge is 0.273 e. The molecule has 0 atom stereocenters. The van der Waals surface area contributed by atoms with Gasteiger partial charge in [-0.3, -0.25) is 9.36 Å². The summed E-state index contributed by atoms with van der Waals surface area (Å²) in [6, 6.07) is 7.93. The van der Waals surface area contributed by atoms with Crippen molar-refractivity contribution in [1.82, 2.24) is 4.57 Å². The molecule has 1 aromatic carbocycles. The van der Waals surface area contributed by atoms with Gasteiger partial charge in [0.2, 0.25) is 0 Å². The lowest BCUT2D eigenvalue weighted by Gasteiger charge is -2.13. The highest BCUT2D eigenvalue weighted by atomic mass is 16.1. The molecule has 0 saturated carbocycles. The van der Waals surface area contributed by atoms with Crippen molar-refractivity contribution in [3.63, 3.8) is 0 Å². The van der Waals surface area contributed by atoms with Crippen LogP contribution in [0, 0.1) is 39.0 Å². The number of pyridine rings is 1. The lowest BCUT2D eigenvalue weighted by atomic mass is 10.1.